The lowest BCUT2D eigenvalue weighted by atomic mass is 10.1. The molecular weight excluding hydrogens is 333 g/mol. The highest BCUT2D eigenvalue weighted by atomic mass is 19.1. The Labute approximate surface area is 154 Å². The van der Waals surface area contributed by atoms with Crippen LogP contribution in [0.4, 0.5) is 4.39 Å². The first kappa shape index (κ1) is 19.6. The number of ether oxygens (including phenoxy) is 2. The Morgan fingerprint density at radius 1 is 1.00 bits per heavy atom. The van der Waals surface area contributed by atoms with Crippen molar-refractivity contribution in [3.63, 3.8) is 0 Å². The van der Waals surface area contributed by atoms with Gasteiger partial charge in [0.2, 0.25) is 0 Å². The average Bonchev–Trinajstić information content (AvgIpc) is 2.67. The third-order valence-electron chi connectivity index (χ3n) is 3.96. The zero-order valence-corrected chi connectivity index (χ0v) is 15.5. The van der Waals surface area contributed by atoms with Crippen LogP contribution in [0, 0.1) is 5.82 Å². The van der Waals surface area contributed by atoms with Gasteiger partial charge in [0.25, 0.3) is 0 Å². The highest BCUT2D eigenvalue weighted by Gasteiger charge is 2.05. The fraction of sp³-hybridized carbons (Fsp3) is 0.350. The standard InChI is InChI=1S/C20H26FN3O2/c1-22-20(24-14-16-6-4-8-17(21)12-16)23-11-5-7-15-9-10-18(25-2)19(13-15)26-3/h4,6,8-10,12-13H,5,7,11,14H2,1-3H3,(H2,22,23,24). The van der Waals surface area contributed by atoms with E-state index in [0.717, 1.165) is 36.4 Å². The minimum absolute atomic E-state index is 0.234. The molecule has 0 heterocycles. The first-order valence-electron chi connectivity index (χ1n) is 8.56. The zero-order valence-electron chi connectivity index (χ0n) is 15.5. The Balaban J connectivity index is 1.75. The maximum absolute atomic E-state index is 13.2. The lowest BCUT2D eigenvalue weighted by molar-refractivity contribution is 0.354. The number of guanidine groups is 1. The molecule has 2 rings (SSSR count). The Morgan fingerprint density at radius 3 is 2.50 bits per heavy atom. The van der Waals surface area contributed by atoms with Gasteiger partial charge in [-0.2, -0.15) is 0 Å². The van der Waals surface area contributed by atoms with Crippen LogP contribution in [-0.4, -0.2) is 33.8 Å². The van der Waals surface area contributed by atoms with Gasteiger partial charge in [0.05, 0.1) is 14.2 Å². The van der Waals surface area contributed by atoms with Gasteiger partial charge in [-0.3, -0.25) is 4.99 Å². The van der Waals surface area contributed by atoms with Crippen molar-refractivity contribution < 1.29 is 13.9 Å². The van der Waals surface area contributed by atoms with E-state index in [0.29, 0.717) is 12.5 Å². The molecule has 0 bridgehead atoms. The van der Waals surface area contributed by atoms with Gasteiger partial charge < -0.3 is 20.1 Å². The third-order valence-corrected chi connectivity index (χ3v) is 3.96. The van der Waals surface area contributed by atoms with Crippen molar-refractivity contribution in [2.45, 2.75) is 19.4 Å². The van der Waals surface area contributed by atoms with Crippen molar-refractivity contribution >= 4 is 5.96 Å². The van der Waals surface area contributed by atoms with Crippen molar-refractivity contribution in [2.24, 2.45) is 4.99 Å². The minimum atomic E-state index is -0.234. The average molecular weight is 359 g/mol. The van der Waals surface area contributed by atoms with E-state index >= 15 is 0 Å². The molecule has 26 heavy (non-hydrogen) atoms. The smallest absolute Gasteiger partial charge is 0.191 e. The van der Waals surface area contributed by atoms with E-state index in [1.54, 1.807) is 27.3 Å². The molecule has 0 fully saturated rings. The summed E-state index contributed by atoms with van der Waals surface area (Å²) in [6.45, 7) is 1.30. The predicted octanol–water partition coefficient (Wildman–Crippen LogP) is 3.14. The molecule has 0 radical (unpaired) electrons. The number of aliphatic imine (C=N–C) groups is 1. The van der Waals surface area contributed by atoms with Crippen molar-refractivity contribution in [1.82, 2.24) is 10.6 Å². The number of nitrogens with zero attached hydrogens (tertiary/aromatic N) is 1. The maximum Gasteiger partial charge on any atom is 0.191 e. The minimum Gasteiger partial charge on any atom is -0.493 e. The van der Waals surface area contributed by atoms with Crippen LogP contribution in [0.1, 0.15) is 17.5 Å². The molecule has 2 aromatic rings. The quantitative estimate of drug-likeness (QED) is 0.432. The van der Waals surface area contributed by atoms with Crippen LogP contribution >= 0.6 is 0 Å². The van der Waals surface area contributed by atoms with Crippen LogP contribution in [0.25, 0.3) is 0 Å². The molecule has 0 saturated carbocycles. The second kappa shape index (κ2) is 10.3. The number of nitrogens with one attached hydrogen (secondary N) is 2. The zero-order chi connectivity index (χ0) is 18.8. The van der Waals surface area contributed by atoms with Crippen LogP contribution in [0.5, 0.6) is 11.5 Å². The van der Waals surface area contributed by atoms with E-state index in [2.05, 4.69) is 15.6 Å². The molecule has 0 unspecified atom stereocenters. The van der Waals surface area contributed by atoms with Gasteiger partial charge in [-0.15, -0.1) is 0 Å². The van der Waals surface area contributed by atoms with Gasteiger partial charge >= 0.3 is 0 Å². The molecule has 2 N–H and O–H groups in total. The molecule has 6 heteroatoms. The molecule has 0 aliphatic heterocycles. The molecule has 0 spiro atoms. The number of rotatable bonds is 8. The summed E-state index contributed by atoms with van der Waals surface area (Å²) in [4.78, 5) is 4.18. The van der Waals surface area contributed by atoms with Crippen LogP contribution < -0.4 is 20.1 Å². The molecule has 0 aliphatic carbocycles. The molecule has 140 valence electrons. The van der Waals surface area contributed by atoms with Gasteiger partial charge in [0.15, 0.2) is 17.5 Å². The van der Waals surface area contributed by atoms with Gasteiger partial charge in [0.1, 0.15) is 5.82 Å². The van der Waals surface area contributed by atoms with Crippen molar-refractivity contribution in [2.75, 3.05) is 27.8 Å². The molecular formula is C20H26FN3O2. The van der Waals surface area contributed by atoms with Crippen LogP contribution in [0.3, 0.4) is 0 Å². The van der Waals surface area contributed by atoms with Gasteiger partial charge in [0, 0.05) is 20.1 Å². The largest absolute Gasteiger partial charge is 0.493 e. The normalized spacial score (nSPS) is 11.2. The summed E-state index contributed by atoms with van der Waals surface area (Å²) in [5, 5.41) is 6.45. The van der Waals surface area contributed by atoms with E-state index < -0.39 is 0 Å². The van der Waals surface area contributed by atoms with E-state index in [9.17, 15) is 4.39 Å². The number of aryl methyl sites for hydroxylation is 1. The topological polar surface area (TPSA) is 54.9 Å². The fourth-order valence-electron chi connectivity index (χ4n) is 2.59. The molecule has 0 saturated heterocycles. The van der Waals surface area contributed by atoms with Crippen LogP contribution in [-0.2, 0) is 13.0 Å². The first-order chi connectivity index (χ1) is 12.7. The number of benzene rings is 2. The summed E-state index contributed by atoms with van der Waals surface area (Å²) in [6, 6.07) is 12.5. The Bertz CT molecular complexity index is 735. The fourth-order valence-corrected chi connectivity index (χ4v) is 2.59. The third kappa shape index (κ3) is 5.95. The van der Waals surface area contributed by atoms with Crippen LogP contribution in [0.15, 0.2) is 47.5 Å². The summed E-state index contributed by atoms with van der Waals surface area (Å²) in [5.41, 5.74) is 2.06. The Kier molecular flexibility index (Phi) is 7.74. The molecule has 0 atom stereocenters. The maximum atomic E-state index is 13.2. The summed E-state index contributed by atoms with van der Waals surface area (Å²) in [5.74, 6) is 1.94. The summed E-state index contributed by atoms with van der Waals surface area (Å²) < 4.78 is 23.8. The van der Waals surface area contributed by atoms with Crippen molar-refractivity contribution in [3.05, 3.63) is 59.4 Å². The number of hydrogen-bond acceptors (Lipinski definition) is 3. The number of methoxy groups -OCH3 is 2. The van der Waals surface area contributed by atoms with Crippen molar-refractivity contribution in [3.8, 4) is 11.5 Å². The molecule has 0 aliphatic rings. The van der Waals surface area contributed by atoms with E-state index in [4.69, 9.17) is 9.47 Å². The van der Waals surface area contributed by atoms with E-state index in [1.807, 2.05) is 24.3 Å². The van der Waals surface area contributed by atoms with Crippen molar-refractivity contribution in [1.29, 1.82) is 0 Å². The SMILES string of the molecule is CN=C(NCCCc1ccc(OC)c(OC)c1)NCc1cccc(F)c1. The monoisotopic (exact) mass is 359 g/mol. The lowest BCUT2D eigenvalue weighted by Crippen LogP contribution is -2.37. The summed E-state index contributed by atoms with van der Waals surface area (Å²) in [7, 11) is 4.98. The number of halogens is 1. The van der Waals surface area contributed by atoms with Crippen LogP contribution in [0.2, 0.25) is 0 Å². The van der Waals surface area contributed by atoms with E-state index in [1.165, 1.54) is 17.7 Å². The Morgan fingerprint density at radius 2 is 1.81 bits per heavy atom. The number of hydrogen-bond donors (Lipinski definition) is 2. The highest BCUT2D eigenvalue weighted by Crippen LogP contribution is 2.27. The lowest BCUT2D eigenvalue weighted by Gasteiger charge is -2.12. The predicted molar refractivity (Wildman–Crippen MR) is 102 cm³/mol. The van der Waals surface area contributed by atoms with Gasteiger partial charge in [-0.1, -0.05) is 18.2 Å². The second-order valence-electron chi connectivity index (χ2n) is 5.78. The van der Waals surface area contributed by atoms with Gasteiger partial charge in [-0.25, -0.2) is 4.39 Å². The second-order valence-corrected chi connectivity index (χ2v) is 5.78. The van der Waals surface area contributed by atoms with E-state index in [-0.39, 0.29) is 5.82 Å². The molecule has 5 nitrogen and oxygen atoms in total. The molecule has 2 aromatic carbocycles. The summed E-state index contributed by atoms with van der Waals surface area (Å²) >= 11 is 0. The Hall–Kier alpha value is -2.76. The highest BCUT2D eigenvalue weighted by molar-refractivity contribution is 5.79. The molecule has 0 amide bonds. The van der Waals surface area contributed by atoms with Gasteiger partial charge in [-0.05, 0) is 48.2 Å². The molecule has 0 aromatic heterocycles. The summed E-state index contributed by atoms with van der Waals surface area (Å²) in [6.07, 6.45) is 1.85. The first-order valence-corrected chi connectivity index (χ1v) is 8.56.